The number of aliphatic hydroxyl groups excluding tert-OH is 1. The van der Waals surface area contributed by atoms with Crippen molar-refractivity contribution in [1.29, 1.82) is 0 Å². The number of benzene rings is 2. The molecule has 0 saturated heterocycles. The van der Waals surface area contributed by atoms with Gasteiger partial charge in [-0.1, -0.05) is 12.1 Å². The van der Waals surface area contributed by atoms with Gasteiger partial charge in [-0.15, -0.1) is 0 Å². The van der Waals surface area contributed by atoms with Crippen molar-refractivity contribution < 1.29 is 27.8 Å². The molecule has 2 aromatic carbocycles. The Kier molecular flexibility index (Phi) is 4.96. The number of hydrogen-bond acceptors (Lipinski definition) is 3. The first-order valence-electron chi connectivity index (χ1n) is 9.18. The second-order valence-electron chi connectivity index (χ2n) is 7.20. The number of aromatic nitrogens is 1. The van der Waals surface area contributed by atoms with E-state index in [1.54, 1.807) is 24.4 Å². The molecule has 1 fully saturated rings. The summed E-state index contributed by atoms with van der Waals surface area (Å²) in [7, 11) is 0. The van der Waals surface area contributed by atoms with E-state index in [0.29, 0.717) is 29.8 Å². The highest BCUT2D eigenvalue weighted by Crippen LogP contribution is 2.32. The Labute approximate surface area is 164 Å². The zero-order chi connectivity index (χ0) is 20.6. The van der Waals surface area contributed by atoms with Crippen molar-refractivity contribution in [2.24, 2.45) is 5.92 Å². The lowest BCUT2D eigenvalue weighted by atomic mass is 9.82. The minimum Gasteiger partial charge on any atom is -0.489 e. The number of carbonyl (C=O) groups is 1. The van der Waals surface area contributed by atoms with E-state index < -0.39 is 17.8 Å². The first kappa shape index (κ1) is 19.3. The molecule has 1 amide bonds. The maximum atomic E-state index is 12.6. The first-order chi connectivity index (χ1) is 13.8. The van der Waals surface area contributed by atoms with Crippen LogP contribution in [0, 0.1) is 5.92 Å². The summed E-state index contributed by atoms with van der Waals surface area (Å²) in [6.07, 6.45) is -2.14. The smallest absolute Gasteiger partial charge is 0.416 e. The van der Waals surface area contributed by atoms with Crippen molar-refractivity contribution >= 4 is 22.5 Å². The molecule has 1 aromatic heterocycles. The number of carbonyl (C=O) groups excluding carboxylic acids is 1. The van der Waals surface area contributed by atoms with Crippen LogP contribution in [0.5, 0.6) is 5.75 Å². The summed E-state index contributed by atoms with van der Waals surface area (Å²) < 4.78 is 43.6. The number of nitrogens with one attached hydrogen (secondary N) is 2. The van der Waals surface area contributed by atoms with Crippen molar-refractivity contribution in [3.8, 4) is 5.75 Å². The Balaban J connectivity index is 1.44. The van der Waals surface area contributed by atoms with Gasteiger partial charge in [0.2, 0.25) is 5.91 Å². The average molecular weight is 404 g/mol. The monoisotopic (exact) mass is 404 g/mol. The van der Waals surface area contributed by atoms with Crippen LogP contribution in [-0.4, -0.2) is 22.1 Å². The molecule has 29 heavy (non-hydrogen) atoms. The average Bonchev–Trinajstić information content (AvgIpc) is 3.05. The maximum absolute atomic E-state index is 12.6. The highest BCUT2D eigenvalue weighted by atomic mass is 19.4. The summed E-state index contributed by atoms with van der Waals surface area (Å²) in [5.41, 5.74) is 1.35. The number of fused-ring (bicyclic) bond motifs is 1. The molecule has 1 heterocycles. The van der Waals surface area contributed by atoms with Gasteiger partial charge in [0.05, 0.1) is 17.4 Å². The molecular formula is C21H19F3N2O3. The van der Waals surface area contributed by atoms with Crippen molar-refractivity contribution in [3.63, 3.8) is 0 Å². The topological polar surface area (TPSA) is 74.4 Å². The molecule has 1 saturated carbocycles. The van der Waals surface area contributed by atoms with Crippen LogP contribution in [-0.2, 0) is 17.6 Å². The number of amides is 1. The summed E-state index contributed by atoms with van der Waals surface area (Å²) in [6.45, 7) is 0.121. The molecule has 0 radical (unpaired) electrons. The number of aromatic amines is 1. The van der Waals surface area contributed by atoms with Crippen LogP contribution >= 0.6 is 0 Å². The Morgan fingerprint density at radius 3 is 2.55 bits per heavy atom. The third-order valence-corrected chi connectivity index (χ3v) is 5.08. The molecular weight excluding hydrogens is 385 g/mol. The lowest BCUT2D eigenvalue weighted by Crippen LogP contribution is -2.37. The Morgan fingerprint density at radius 1 is 1.17 bits per heavy atom. The van der Waals surface area contributed by atoms with Crippen molar-refractivity contribution in [1.82, 2.24) is 4.98 Å². The van der Waals surface area contributed by atoms with Crippen LogP contribution in [0.15, 0.2) is 48.7 Å². The fraction of sp³-hybridized carbons (Fsp3) is 0.286. The predicted octanol–water partition coefficient (Wildman–Crippen LogP) is 4.48. The number of halogens is 3. The fourth-order valence-electron chi connectivity index (χ4n) is 3.29. The van der Waals surface area contributed by atoms with Gasteiger partial charge in [-0.25, -0.2) is 0 Å². The standard InChI is InChI=1S/C21H19F3N2O3/c22-21(23,24)14-3-1-12(2-4-14)11-29-16-5-6-18-17(9-16)19(10-25-18)26-20(28)13-7-15(27)8-13/h1-6,9-10,13,15,25,27H,7-8,11H2,(H,26,28)/t13-,15+. The molecule has 152 valence electrons. The molecule has 0 spiro atoms. The second-order valence-corrected chi connectivity index (χ2v) is 7.20. The van der Waals surface area contributed by atoms with E-state index in [9.17, 15) is 23.1 Å². The fourth-order valence-corrected chi connectivity index (χ4v) is 3.29. The molecule has 4 rings (SSSR count). The van der Waals surface area contributed by atoms with Gasteiger partial charge in [-0.05, 0) is 48.7 Å². The molecule has 3 aromatic rings. The zero-order valence-electron chi connectivity index (χ0n) is 15.3. The summed E-state index contributed by atoms with van der Waals surface area (Å²) in [4.78, 5) is 15.3. The normalized spacial score (nSPS) is 19.0. The third-order valence-electron chi connectivity index (χ3n) is 5.08. The quantitative estimate of drug-likeness (QED) is 0.587. The van der Waals surface area contributed by atoms with Gasteiger partial charge < -0.3 is 20.1 Å². The predicted molar refractivity (Wildman–Crippen MR) is 101 cm³/mol. The van der Waals surface area contributed by atoms with Crippen LogP contribution in [0.2, 0.25) is 0 Å². The van der Waals surface area contributed by atoms with Gasteiger partial charge in [-0.2, -0.15) is 13.2 Å². The Hall–Kier alpha value is -3.00. The van der Waals surface area contributed by atoms with E-state index >= 15 is 0 Å². The number of anilines is 1. The highest BCUT2D eigenvalue weighted by molar-refractivity contribution is 6.03. The minimum atomic E-state index is -4.36. The molecule has 8 heteroatoms. The van der Waals surface area contributed by atoms with E-state index in [1.807, 2.05) is 0 Å². The molecule has 3 N–H and O–H groups in total. The van der Waals surface area contributed by atoms with Crippen molar-refractivity contribution in [2.45, 2.75) is 31.7 Å². The van der Waals surface area contributed by atoms with Gasteiger partial charge in [0.1, 0.15) is 12.4 Å². The summed E-state index contributed by atoms with van der Waals surface area (Å²) in [6, 6.07) is 10.1. The zero-order valence-corrected chi connectivity index (χ0v) is 15.3. The number of rotatable bonds is 5. The van der Waals surface area contributed by atoms with Crippen molar-refractivity contribution in [3.05, 3.63) is 59.8 Å². The van der Waals surface area contributed by atoms with Crippen LogP contribution in [0.3, 0.4) is 0 Å². The SMILES string of the molecule is O=C(Nc1c[nH]c2ccc(OCc3ccc(C(F)(F)F)cc3)cc12)[C@H]1C[C@@H](O)C1. The summed E-state index contributed by atoms with van der Waals surface area (Å²) in [5.74, 6) is 0.216. The number of H-pyrrole nitrogens is 1. The van der Waals surface area contributed by atoms with Crippen LogP contribution in [0.4, 0.5) is 18.9 Å². The van der Waals surface area contributed by atoms with Gasteiger partial charge in [0, 0.05) is 23.0 Å². The van der Waals surface area contributed by atoms with Crippen LogP contribution in [0.25, 0.3) is 10.9 Å². The Bertz CT molecular complexity index is 1020. The van der Waals surface area contributed by atoms with Gasteiger partial charge in [0.25, 0.3) is 0 Å². The molecule has 1 aliphatic rings. The molecule has 5 nitrogen and oxygen atoms in total. The first-order valence-corrected chi connectivity index (χ1v) is 9.18. The number of alkyl halides is 3. The molecule has 0 atom stereocenters. The van der Waals surface area contributed by atoms with Crippen LogP contribution in [0.1, 0.15) is 24.0 Å². The maximum Gasteiger partial charge on any atom is 0.416 e. The molecule has 1 aliphatic carbocycles. The minimum absolute atomic E-state index is 0.121. The van der Waals surface area contributed by atoms with E-state index in [-0.39, 0.29) is 18.4 Å². The van der Waals surface area contributed by atoms with Gasteiger partial charge in [-0.3, -0.25) is 4.79 Å². The highest BCUT2D eigenvalue weighted by Gasteiger charge is 2.33. The van der Waals surface area contributed by atoms with Gasteiger partial charge in [0.15, 0.2) is 0 Å². The number of ether oxygens (including phenoxy) is 1. The lowest BCUT2D eigenvalue weighted by molar-refractivity contribution is -0.137. The van der Waals surface area contributed by atoms with E-state index in [4.69, 9.17) is 4.74 Å². The third kappa shape index (κ3) is 4.22. The second kappa shape index (κ2) is 7.44. The largest absolute Gasteiger partial charge is 0.489 e. The number of aliphatic hydroxyl groups is 1. The Morgan fingerprint density at radius 2 is 1.90 bits per heavy atom. The summed E-state index contributed by atoms with van der Waals surface area (Å²) in [5, 5.41) is 13.0. The van der Waals surface area contributed by atoms with E-state index in [0.717, 1.165) is 23.0 Å². The van der Waals surface area contributed by atoms with Crippen molar-refractivity contribution in [2.75, 3.05) is 5.32 Å². The van der Waals surface area contributed by atoms with E-state index in [1.165, 1.54) is 12.1 Å². The van der Waals surface area contributed by atoms with Crippen LogP contribution < -0.4 is 10.1 Å². The number of hydrogen-bond donors (Lipinski definition) is 3. The molecule has 0 bridgehead atoms. The van der Waals surface area contributed by atoms with E-state index in [2.05, 4.69) is 10.3 Å². The molecule has 0 unspecified atom stereocenters. The van der Waals surface area contributed by atoms with Gasteiger partial charge >= 0.3 is 6.18 Å². The molecule has 0 aliphatic heterocycles. The summed E-state index contributed by atoms with van der Waals surface area (Å²) >= 11 is 0. The lowest BCUT2D eigenvalue weighted by Gasteiger charge is -2.29.